The molecule has 0 saturated carbocycles. The minimum absolute atomic E-state index is 0.302. The van der Waals surface area contributed by atoms with E-state index in [1.54, 1.807) is 0 Å². The van der Waals surface area contributed by atoms with Gasteiger partial charge in [0.2, 0.25) is 5.78 Å². The Kier molecular flexibility index (Phi) is 7.62. The summed E-state index contributed by atoms with van der Waals surface area (Å²) in [5, 5.41) is 3.97. The van der Waals surface area contributed by atoms with Crippen LogP contribution in [0.2, 0.25) is 0 Å². The third-order valence-electron chi connectivity index (χ3n) is 5.30. The van der Waals surface area contributed by atoms with Crippen molar-refractivity contribution in [3.63, 3.8) is 0 Å². The molecule has 1 aromatic heterocycles. The first-order valence-corrected chi connectivity index (χ1v) is 10.7. The highest BCUT2D eigenvalue weighted by atomic mass is 16.2. The van der Waals surface area contributed by atoms with Gasteiger partial charge in [0.1, 0.15) is 0 Å². The van der Waals surface area contributed by atoms with Crippen molar-refractivity contribution < 1.29 is 9.59 Å². The lowest BCUT2D eigenvalue weighted by Gasteiger charge is -2.07. The lowest BCUT2D eigenvalue weighted by Crippen LogP contribution is -2.32. The molecule has 152 valence electrons. The number of amides is 1. The van der Waals surface area contributed by atoms with E-state index in [9.17, 15) is 9.59 Å². The predicted octanol–water partition coefficient (Wildman–Crippen LogP) is 5.42. The van der Waals surface area contributed by atoms with E-state index < -0.39 is 5.91 Å². The number of carbonyl (C=O) groups excluding carboxylic acids is 2. The Balaban J connectivity index is 1.60. The van der Waals surface area contributed by atoms with Crippen LogP contribution >= 0.6 is 0 Å². The molecule has 0 bridgehead atoms. The lowest BCUT2D eigenvalue weighted by atomic mass is 10.0. The first-order valence-electron chi connectivity index (χ1n) is 10.7. The zero-order chi connectivity index (χ0) is 20.5. The standard InChI is InChI=1S/C25H30N2O2/c1-2-3-4-5-9-16-23(28)25(29)26-18-17-21-20-14-10-11-15-22(20)27-24(21)19-12-7-6-8-13-19/h6-8,10-15,27H,2-5,9,16-18H2,1H3,(H,26,29). The van der Waals surface area contributed by atoms with Crippen molar-refractivity contribution in [1.29, 1.82) is 0 Å². The van der Waals surface area contributed by atoms with Gasteiger partial charge in [0.15, 0.2) is 0 Å². The number of aromatic amines is 1. The molecule has 3 aromatic rings. The second kappa shape index (κ2) is 10.6. The number of carbonyl (C=O) groups is 2. The van der Waals surface area contributed by atoms with Crippen LogP contribution in [0.1, 0.15) is 51.0 Å². The van der Waals surface area contributed by atoms with E-state index in [-0.39, 0.29) is 5.78 Å². The van der Waals surface area contributed by atoms with E-state index in [4.69, 9.17) is 0 Å². The van der Waals surface area contributed by atoms with Gasteiger partial charge in [0.05, 0.1) is 0 Å². The van der Waals surface area contributed by atoms with Gasteiger partial charge < -0.3 is 10.3 Å². The van der Waals surface area contributed by atoms with Crippen LogP contribution in [0.25, 0.3) is 22.2 Å². The predicted molar refractivity (Wildman–Crippen MR) is 119 cm³/mol. The number of benzene rings is 2. The number of rotatable bonds is 11. The molecular weight excluding hydrogens is 360 g/mol. The van der Waals surface area contributed by atoms with Crippen molar-refractivity contribution in [2.24, 2.45) is 0 Å². The second-order valence-electron chi connectivity index (χ2n) is 7.48. The van der Waals surface area contributed by atoms with Crippen molar-refractivity contribution >= 4 is 22.6 Å². The summed E-state index contributed by atoms with van der Waals surface area (Å²) < 4.78 is 0. The van der Waals surface area contributed by atoms with Crippen LogP contribution in [0.3, 0.4) is 0 Å². The monoisotopic (exact) mass is 390 g/mol. The van der Waals surface area contributed by atoms with Gasteiger partial charge in [-0.15, -0.1) is 0 Å². The SMILES string of the molecule is CCCCCCCC(=O)C(=O)NCCc1c(-c2ccccc2)[nH]c2ccccc12. The van der Waals surface area contributed by atoms with Gasteiger partial charge in [-0.3, -0.25) is 9.59 Å². The fourth-order valence-electron chi connectivity index (χ4n) is 3.71. The van der Waals surface area contributed by atoms with Gasteiger partial charge in [-0.2, -0.15) is 0 Å². The molecule has 0 spiro atoms. The smallest absolute Gasteiger partial charge is 0.287 e. The molecule has 0 atom stereocenters. The molecule has 1 heterocycles. The Morgan fingerprint density at radius 3 is 2.41 bits per heavy atom. The Hall–Kier alpha value is -2.88. The largest absolute Gasteiger partial charge is 0.354 e. The van der Waals surface area contributed by atoms with Crippen LogP contribution in [-0.2, 0) is 16.0 Å². The number of fused-ring (bicyclic) bond motifs is 1. The number of H-pyrrole nitrogens is 1. The van der Waals surface area contributed by atoms with E-state index in [1.807, 2.05) is 30.3 Å². The van der Waals surface area contributed by atoms with Gasteiger partial charge in [-0.25, -0.2) is 0 Å². The maximum absolute atomic E-state index is 12.1. The van der Waals surface area contributed by atoms with Gasteiger partial charge in [-0.1, -0.05) is 81.1 Å². The average Bonchev–Trinajstić information content (AvgIpc) is 3.12. The summed E-state index contributed by atoms with van der Waals surface area (Å²) in [6, 6.07) is 18.4. The Morgan fingerprint density at radius 2 is 1.62 bits per heavy atom. The molecule has 4 nitrogen and oxygen atoms in total. The normalized spacial score (nSPS) is 10.9. The number of para-hydroxylation sites is 1. The molecule has 3 rings (SSSR count). The fourth-order valence-corrected chi connectivity index (χ4v) is 3.71. The van der Waals surface area contributed by atoms with Crippen LogP contribution < -0.4 is 5.32 Å². The van der Waals surface area contributed by atoms with Crippen molar-refractivity contribution in [1.82, 2.24) is 10.3 Å². The van der Waals surface area contributed by atoms with Crippen LogP contribution in [0.15, 0.2) is 54.6 Å². The molecule has 0 unspecified atom stereocenters. The van der Waals surface area contributed by atoms with Gasteiger partial charge in [-0.05, 0) is 30.0 Å². The van der Waals surface area contributed by atoms with Gasteiger partial charge in [0.25, 0.3) is 5.91 Å². The molecule has 0 aliphatic carbocycles. The highest BCUT2D eigenvalue weighted by Gasteiger charge is 2.15. The number of aromatic nitrogens is 1. The van der Waals surface area contributed by atoms with Crippen molar-refractivity contribution in [3.8, 4) is 11.3 Å². The van der Waals surface area contributed by atoms with E-state index >= 15 is 0 Å². The van der Waals surface area contributed by atoms with E-state index in [0.717, 1.165) is 41.4 Å². The molecule has 4 heteroatoms. The molecule has 0 saturated heterocycles. The fraction of sp³-hybridized carbons (Fsp3) is 0.360. The molecule has 2 N–H and O–H groups in total. The molecule has 0 fully saturated rings. The van der Waals surface area contributed by atoms with Crippen LogP contribution in [0, 0.1) is 0 Å². The quantitative estimate of drug-likeness (QED) is 0.339. The van der Waals surface area contributed by atoms with Crippen molar-refractivity contribution in [3.05, 3.63) is 60.2 Å². The van der Waals surface area contributed by atoms with Crippen LogP contribution in [-0.4, -0.2) is 23.2 Å². The lowest BCUT2D eigenvalue weighted by molar-refractivity contribution is -0.137. The van der Waals surface area contributed by atoms with Crippen molar-refractivity contribution in [2.45, 2.75) is 51.9 Å². The minimum atomic E-state index is -0.457. The minimum Gasteiger partial charge on any atom is -0.354 e. The van der Waals surface area contributed by atoms with E-state index in [1.165, 1.54) is 18.4 Å². The summed E-state index contributed by atoms with van der Waals surface area (Å²) in [5.74, 6) is -0.759. The third-order valence-corrected chi connectivity index (χ3v) is 5.30. The number of nitrogens with one attached hydrogen (secondary N) is 2. The summed E-state index contributed by atoms with van der Waals surface area (Å²) in [6.45, 7) is 2.61. The molecule has 0 radical (unpaired) electrons. The van der Waals surface area contributed by atoms with Crippen LogP contribution in [0.4, 0.5) is 0 Å². The maximum Gasteiger partial charge on any atom is 0.287 e. The summed E-state index contributed by atoms with van der Waals surface area (Å²) in [4.78, 5) is 27.7. The summed E-state index contributed by atoms with van der Waals surface area (Å²) in [7, 11) is 0. The Labute approximate surface area is 172 Å². The maximum atomic E-state index is 12.1. The number of Topliss-reactive ketones (excluding diaryl/α,β-unsaturated/α-hetero) is 1. The average molecular weight is 391 g/mol. The number of hydrogen-bond acceptors (Lipinski definition) is 2. The van der Waals surface area contributed by atoms with Crippen LogP contribution in [0.5, 0.6) is 0 Å². The highest BCUT2D eigenvalue weighted by Crippen LogP contribution is 2.30. The van der Waals surface area contributed by atoms with Crippen molar-refractivity contribution in [2.75, 3.05) is 6.54 Å². The first-order chi connectivity index (χ1) is 14.2. The highest BCUT2D eigenvalue weighted by molar-refractivity contribution is 6.36. The first kappa shape index (κ1) is 20.8. The number of ketones is 1. The third kappa shape index (κ3) is 5.57. The van der Waals surface area contributed by atoms with E-state index in [2.05, 4.69) is 41.5 Å². The van der Waals surface area contributed by atoms with Gasteiger partial charge in [0, 0.05) is 29.6 Å². The summed E-state index contributed by atoms with van der Waals surface area (Å²) in [5.41, 5.74) is 4.44. The second-order valence-corrected chi connectivity index (χ2v) is 7.48. The summed E-state index contributed by atoms with van der Waals surface area (Å²) in [6.07, 6.45) is 6.33. The summed E-state index contributed by atoms with van der Waals surface area (Å²) >= 11 is 0. The Morgan fingerprint density at radius 1 is 0.897 bits per heavy atom. The zero-order valence-electron chi connectivity index (χ0n) is 17.2. The number of unbranched alkanes of at least 4 members (excludes halogenated alkanes) is 4. The zero-order valence-corrected chi connectivity index (χ0v) is 17.2. The van der Waals surface area contributed by atoms with Gasteiger partial charge >= 0.3 is 0 Å². The number of hydrogen-bond donors (Lipinski definition) is 2. The Bertz CT molecular complexity index is 944. The molecule has 1 amide bonds. The van der Waals surface area contributed by atoms with E-state index in [0.29, 0.717) is 19.4 Å². The molecule has 0 aliphatic heterocycles. The molecular formula is C25H30N2O2. The topological polar surface area (TPSA) is 62.0 Å². The molecule has 2 aromatic carbocycles. The molecule has 29 heavy (non-hydrogen) atoms. The molecule has 0 aliphatic rings.